The Labute approximate surface area is 195 Å². The minimum atomic E-state index is -3.64. The number of hydrogen-bond donors (Lipinski definition) is 1. The Morgan fingerprint density at radius 3 is 2.36 bits per heavy atom. The van der Waals surface area contributed by atoms with Crippen LogP contribution in [0.1, 0.15) is 33.6 Å². The van der Waals surface area contributed by atoms with Gasteiger partial charge in [0.2, 0.25) is 10.0 Å². The summed E-state index contributed by atoms with van der Waals surface area (Å²) in [5, 5.41) is 4.08. The Kier molecular flexibility index (Phi) is 7.07. The zero-order chi connectivity index (χ0) is 24.3. The van der Waals surface area contributed by atoms with E-state index in [0.717, 1.165) is 38.8 Å². The average molecular weight is 467 g/mol. The van der Waals surface area contributed by atoms with E-state index in [-0.39, 0.29) is 6.54 Å². The molecule has 7 nitrogen and oxygen atoms in total. The Morgan fingerprint density at radius 2 is 1.73 bits per heavy atom. The first-order valence-corrected chi connectivity index (χ1v) is 12.5. The normalized spacial score (nSPS) is 11.7. The molecule has 0 radical (unpaired) electrons. The molecule has 0 aliphatic rings. The van der Waals surface area contributed by atoms with Gasteiger partial charge in [0.15, 0.2) is 0 Å². The molecule has 0 spiro atoms. The first-order chi connectivity index (χ1) is 15.5. The third kappa shape index (κ3) is 5.51. The molecule has 2 aromatic carbocycles. The van der Waals surface area contributed by atoms with Gasteiger partial charge in [-0.3, -0.25) is 9.10 Å². The zero-order valence-corrected chi connectivity index (χ0v) is 20.7. The van der Waals surface area contributed by atoms with Crippen molar-refractivity contribution in [2.45, 2.75) is 34.6 Å². The number of amides is 1. The Hall–Kier alpha value is -3.39. The van der Waals surface area contributed by atoms with Gasteiger partial charge in [-0.2, -0.15) is 5.10 Å². The molecule has 0 fully saturated rings. The number of nitrogens with one attached hydrogen (secondary N) is 1. The number of aromatic nitrogens is 1. The highest BCUT2D eigenvalue weighted by Crippen LogP contribution is 2.24. The van der Waals surface area contributed by atoms with E-state index in [2.05, 4.69) is 47.1 Å². The first kappa shape index (κ1) is 24.3. The van der Waals surface area contributed by atoms with Crippen molar-refractivity contribution in [2.24, 2.45) is 5.10 Å². The summed E-state index contributed by atoms with van der Waals surface area (Å²) in [6.45, 7) is 9.61. The quantitative estimate of drug-likeness (QED) is 0.423. The molecule has 1 amide bonds. The van der Waals surface area contributed by atoms with Crippen molar-refractivity contribution in [3.05, 3.63) is 82.2 Å². The van der Waals surface area contributed by atoms with Crippen molar-refractivity contribution in [1.82, 2.24) is 9.99 Å². The summed E-state index contributed by atoms with van der Waals surface area (Å²) in [6.07, 6.45) is 2.66. The third-order valence-electron chi connectivity index (χ3n) is 5.53. The average Bonchev–Trinajstić information content (AvgIpc) is 3.00. The van der Waals surface area contributed by atoms with E-state index in [1.165, 1.54) is 11.1 Å². The second kappa shape index (κ2) is 9.62. The predicted molar refractivity (Wildman–Crippen MR) is 134 cm³/mol. The highest BCUT2D eigenvalue weighted by Gasteiger charge is 2.22. The molecule has 33 heavy (non-hydrogen) atoms. The van der Waals surface area contributed by atoms with Gasteiger partial charge in [-0.15, -0.1) is 0 Å². The maximum atomic E-state index is 12.5. The van der Waals surface area contributed by atoms with Crippen LogP contribution < -0.4 is 9.73 Å². The summed E-state index contributed by atoms with van der Waals surface area (Å²) in [5.74, 6) is -0.525. The van der Waals surface area contributed by atoms with E-state index in [4.69, 9.17) is 0 Å². The number of carbonyl (C=O) groups excluding carboxylic acids is 1. The maximum Gasteiger partial charge on any atom is 0.260 e. The number of para-hydroxylation sites is 1. The monoisotopic (exact) mass is 466 g/mol. The molecular weight excluding hydrogens is 436 g/mol. The first-order valence-electron chi connectivity index (χ1n) is 10.6. The molecule has 0 aliphatic heterocycles. The number of sulfonamides is 1. The fourth-order valence-electron chi connectivity index (χ4n) is 3.91. The fourth-order valence-corrected chi connectivity index (χ4v) is 4.82. The van der Waals surface area contributed by atoms with E-state index in [0.29, 0.717) is 5.69 Å². The summed E-state index contributed by atoms with van der Waals surface area (Å²) >= 11 is 0. The zero-order valence-electron chi connectivity index (χ0n) is 19.9. The lowest BCUT2D eigenvalue weighted by atomic mass is 10.1. The van der Waals surface area contributed by atoms with E-state index >= 15 is 0 Å². The highest BCUT2D eigenvalue weighted by molar-refractivity contribution is 7.92. The summed E-state index contributed by atoms with van der Waals surface area (Å²) in [6, 6.07) is 15.4. The lowest BCUT2D eigenvalue weighted by molar-refractivity contribution is -0.119. The van der Waals surface area contributed by atoms with Gasteiger partial charge in [0.1, 0.15) is 6.54 Å². The lowest BCUT2D eigenvalue weighted by Crippen LogP contribution is -2.39. The smallest absolute Gasteiger partial charge is 0.260 e. The molecule has 1 heterocycles. The van der Waals surface area contributed by atoms with Gasteiger partial charge >= 0.3 is 0 Å². The minimum Gasteiger partial charge on any atom is -0.318 e. The Balaban J connectivity index is 1.77. The number of anilines is 1. The van der Waals surface area contributed by atoms with Crippen molar-refractivity contribution in [2.75, 3.05) is 17.1 Å². The number of hydrazone groups is 1. The van der Waals surface area contributed by atoms with Crippen LogP contribution in [-0.4, -0.2) is 37.9 Å². The lowest BCUT2D eigenvalue weighted by Gasteiger charge is -2.23. The van der Waals surface area contributed by atoms with E-state index in [1.807, 2.05) is 26.0 Å². The molecule has 8 heteroatoms. The molecular formula is C25H30N4O3S. The largest absolute Gasteiger partial charge is 0.318 e. The predicted octanol–water partition coefficient (Wildman–Crippen LogP) is 3.94. The Bertz CT molecular complexity index is 1320. The standard InChI is InChI=1S/C25H30N4O3S/c1-17-11-12-24(19(3)13-17)29-20(4)14-22(21(29)5)15-26-27-25(30)16-28(33(6,31)32)23-10-8-7-9-18(23)2/h7-15H,16H2,1-6H3,(H,27,30)/b26-15-. The van der Waals surface area contributed by atoms with Crippen LogP contribution in [0.2, 0.25) is 0 Å². The van der Waals surface area contributed by atoms with Crippen LogP contribution in [-0.2, 0) is 14.8 Å². The van der Waals surface area contributed by atoms with Crippen molar-refractivity contribution in [3.63, 3.8) is 0 Å². The summed E-state index contributed by atoms with van der Waals surface area (Å²) in [5.41, 5.74) is 10.1. The molecule has 1 N–H and O–H groups in total. The van der Waals surface area contributed by atoms with Crippen molar-refractivity contribution < 1.29 is 13.2 Å². The molecule has 0 aliphatic carbocycles. The molecule has 0 saturated carbocycles. The highest BCUT2D eigenvalue weighted by atomic mass is 32.2. The van der Waals surface area contributed by atoms with Crippen molar-refractivity contribution >= 4 is 27.8 Å². The number of carbonyl (C=O) groups is 1. The van der Waals surface area contributed by atoms with Gasteiger partial charge in [-0.05, 0) is 63.9 Å². The molecule has 0 saturated heterocycles. The van der Waals surface area contributed by atoms with E-state index in [1.54, 1.807) is 31.3 Å². The summed E-state index contributed by atoms with van der Waals surface area (Å²) in [7, 11) is -3.64. The topological polar surface area (TPSA) is 83.8 Å². The van der Waals surface area contributed by atoms with Crippen molar-refractivity contribution in [3.8, 4) is 5.69 Å². The summed E-state index contributed by atoms with van der Waals surface area (Å²) < 4.78 is 27.8. The number of benzene rings is 2. The van der Waals surface area contributed by atoms with Crippen LogP contribution in [0.5, 0.6) is 0 Å². The van der Waals surface area contributed by atoms with Crippen LogP contribution in [0.3, 0.4) is 0 Å². The number of nitrogens with zero attached hydrogens (tertiary/aromatic N) is 3. The van der Waals surface area contributed by atoms with Gasteiger partial charge in [0, 0.05) is 22.6 Å². The molecule has 3 aromatic rings. The van der Waals surface area contributed by atoms with E-state index < -0.39 is 15.9 Å². The molecule has 0 bridgehead atoms. The third-order valence-corrected chi connectivity index (χ3v) is 6.65. The molecule has 0 unspecified atom stereocenters. The van der Waals surface area contributed by atoms with Gasteiger partial charge in [0.25, 0.3) is 5.91 Å². The van der Waals surface area contributed by atoms with Gasteiger partial charge < -0.3 is 4.57 Å². The molecule has 174 valence electrons. The van der Waals surface area contributed by atoms with Crippen LogP contribution in [0, 0.1) is 34.6 Å². The second-order valence-electron chi connectivity index (χ2n) is 8.30. The van der Waals surface area contributed by atoms with Crippen LogP contribution in [0.15, 0.2) is 53.6 Å². The Morgan fingerprint density at radius 1 is 1.03 bits per heavy atom. The van der Waals surface area contributed by atoms with Gasteiger partial charge in [-0.1, -0.05) is 35.9 Å². The van der Waals surface area contributed by atoms with Crippen LogP contribution in [0.25, 0.3) is 5.69 Å². The summed E-state index contributed by atoms with van der Waals surface area (Å²) in [4.78, 5) is 12.5. The van der Waals surface area contributed by atoms with E-state index in [9.17, 15) is 13.2 Å². The molecule has 0 atom stereocenters. The van der Waals surface area contributed by atoms with Gasteiger partial charge in [-0.25, -0.2) is 13.8 Å². The molecule has 1 aromatic heterocycles. The van der Waals surface area contributed by atoms with Crippen LogP contribution >= 0.6 is 0 Å². The SMILES string of the molecule is Cc1ccc(-n2c(C)cc(/C=N\NC(=O)CN(c3ccccc3C)S(C)(=O)=O)c2C)c(C)c1. The van der Waals surface area contributed by atoms with Crippen molar-refractivity contribution in [1.29, 1.82) is 0 Å². The fraction of sp³-hybridized carbons (Fsp3) is 0.280. The number of rotatable bonds is 7. The maximum absolute atomic E-state index is 12.5. The van der Waals surface area contributed by atoms with Crippen LogP contribution in [0.4, 0.5) is 5.69 Å². The molecule has 3 rings (SSSR count). The van der Waals surface area contributed by atoms with Gasteiger partial charge in [0.05, 0.1) is 18.2 Å². The minimum absolute atomic E-state index is 0.359. The number of hydrogen-bond acceptors (Lipinski definition) is 4. The second-order valence-corrected chi connectivity index (χ2v) is 10.2. The number of aryl methyl sites for hydroxylation is 4.